The maximum absolute atomic E-state index is 13.4. The number of carbonyl (C=O) groups excluding carboxylic acids is 2. The summed E-state index contributed by atoms with van der Waals surface area (Å²) in [5, 5.41) is 0.221. The number of halogens is 1. The third-order valence-electron chi connectivity index (χ3n) is 5.44. The van der Waals surface area contributed by atoms with Gasteiger partial charge in [0.2, 0.25) is 11.5 Å². The summed E-state index contributed by atoms with van der Waals surface area (Å²) in [4.78, 5) is 36.6. The zero-order chi connectivity index (χ0) is 22.7. The van der Waals surface area contributed by atoms with Gasteiger partial charge < -0.3 is 13.9 Å². The van der Waals surface area contributed by atoms with Crippen molar-refractivity contribution in [1.29, 1.82) is 0 Å². The molecule has 32 heavy (non-hydrogen) atoms. The quantitative estimate of drug-likeness (QED) is 0.378. The van der Waals surface area contributed by atoms with E-state index in [4.69, 9.17) is 25.5 Å². The van der Waals surface area contributed by atoms with Gasteiger partial charge in [-0.25, -0.2) is 9.78 Å². The van der Waals surface area contributed by atoms with Gasteiger partial charge in [0.05, 0.1) is 12.7 Å². The van der Waals surface area contributed by atoms with Gasteiger partial charge >= 0.3 is 6.09 Å². The monoisotopic (exact) mass is 457 g/mol. The van der Waals surface area contributed by atoms with Crippen molar-refractivity contribution in [3.63, 3.8) is 0 Å². The Balaban J connectivity index is 1.90. The lowest BCUT2D eigenvalue weighted by molar-refractivity contribution is 0.00467. The summed E-state index contributed by atoms with van der Waals surface area (Å²) in [7, 11) is 0. The van der Waals surface area contributed by atoms with Crippen molar-refractivity contribution in [3.05, 3.63) is 53.1 Å². The number of ketones is 1. The van der Waals surface area contributed by atoms with Gasteiger partial charge in [-0.3, -0.25) is 14.7 Å². The van der Waals surface area contributed by atoms with Gasteiger partial charge in [0, 0.05) is 18.8 Å². The lowest BCUT2D eigenvalue weighted by atomic mass is 9.99. The van der Waals surface area contributed by atoms with E-state index in [0.29, 0.717) is 30.5 Å². The fourth-order valence-electron chi connectivity index (χ4n) is 3.93. The predicted molar refractivity (Wildman–Crippen MR) is 119 cm³/mol. The smallest absolute Gasteiger partial charge is 0.414 e. The average molecular weight is 458 g/mol. The first-order chi connectivity index (χ1) is 15.5. The van der Waals surface area contributed by atoms with Gasteiger partial charge in [0.15, 0.2) is 5.58 Å². The SMILES string of the molecule is CCOC(=O)N(c1c(C(=O)c2ccccn2)oc2ccc(Cl)nc12)[C@H]1CCO[C@@H](CC)C1. The molecular weight excluding hydrogens is 434 g/mol. The summed E-state index contributed by atoms with van der Waals surface area (Å²) >= 11 is 6.17. The number of hydrogen-bond donors (Lipinski definition) is 0. The number of amides is 1. The van der Waals surface area contributed by atoms with E-state index in [1.54, 1.807) is 37.3 Å². The van der Waals surface area contributed by atoms with Crippen LogP contribution in [0.1, 0.15) is 49.4 Å². The Hall–Kier alpha value is -2.97. The largest absolute Gasteiger partial charge is 0.449 e. The average Bonchev–Trinajstić information content (AvgIpc) is 3.18. The molecule has 1 aliphatic rings. The fourth-order valence-corrected chi connectivity index (χ4v) is 4.07. The van der Waals surface area contributed by atoms with Crippen molar-refractivity contribution in [3.8, 4) is 0 Å². The van der Waals surface area contributed by atoms with E-state index in [-0.39, 0.29) is 41.0 Å². The Kier molecular flexibility index (Phi) is 6.72. The molecule has 3 aromatic heterocycles. The molecule has 0 unspecified atom stereocenters. The van der Waals surface area contributed by atoms with E-state index in [0.717, 1.165) is 6.42 Å². The van der Waals surface area contributed by atoms with Gasteiger partial charge in [0.1, 0.15) is 22.1 Å². The van der Waals surface area contributed by atoms with Gasteiger partial charge in [-0.05, 0) is 50.5 Å². The van der Waals surface area contributed by atoms with E-state index >= 15 is 0 Å². The first-order valence-corrected chi connectivity index (χ1v) is 11.0. The van der Waals surface area contributed by atoms with Crippen LogP contribution >= 0.6 is 11.6 Å². The van der Waals surface area contributed by atoms with Crippen LogP contribution in [0.3, 0.4) is 0 Å². The van der Waals surface area contributed by atoms with E-state index in [9.17, 15) is 9.59 Å². The van der Waals surface area contributed by atoms with E-state index in [1.165, 1.54) is 11.1 Å². The predicted octanol–water partition coefficient (Wildman–Crippen LogP) is 5.03. The van der Waals surface area contributed by atoms with Crippen LogP contribution in [0.5, 0.6) is 0 Å². The highest BCUT2D eigenvalue weighted by molar-refractivity contribution is 6.30. The third kappa shape index (κ3) is 4.33. The maximum Gasteiger partial charge on any atom is 0.414 e. The lowest BCUT2D eigenvalue weighted by Gasteiger charge is -2.36. The molecule has 1 fully saturated rings. The molecule has 4 rings (SSSR count). The number of carbonyl (C=O) groups is 2. The molecule has 0 saturated carbocycles. The Bertz CT molecular complexity index is 1120. The number of nitrogens with zero attached hydrogens (tertiary/aromatic N) is 3. The molecule has 0 spiro atoms. The second kappa shape index (κ2) is 9.67. The zero-order valence-corrected chi connectivity index (χ0v) is 18.7. The first kappa shape index (κ1) is 22.2. The molecule has 2 atom stereocenters. The van der Waals surface area contributed by atoms with Crippen molar-refractivity contribution >= 4 is 40.3 Å². The summed E-state index contributed by atoms with van der Waals surface area (Å²) in [5.74, 6) is -0.482. The lowest BCUT2D eigenvalue weighted by Crippen LogP contribution is -2.46. The summed E-state index contributed by atoms with van der Waals surface area (Å²) in [6.07, 6.45) is 2.94. The van der Waals surface area contributed by atoms with Crippen LogP contribution in [-0.4, -0.2) is 47.2 Å². The number of pyridine rings is 2. The Morgan fingerprint density at radius 3 is 2.81 bits per heavy atom. The van der Waals surface area contributed by atoms with E-state index in [1.807, 2.05) is 6.92 Å². The third-order valence-corrected chi connectivity index (χ3v) is 5.66. The summed E-state index contributed by atoms with van der Waals surface area (Å²) < 4.78 is 17.1. The second-order valence-electron chi connectivity index (χ2n) is 7.45. The molecule has 0 bridgehead atoms. The molecule has 0 aromatic carbocycles. The van der Waals surface area contributed by atoms with Crippen LogP contribution in [-0.2, 0) is 9.47 Å². The number of fused-ring (bicyclic) bond motifs is 1. The van der Waals surface area contributed by atoms with Gasteiger partial charge in [-0.15, -0.1) is 0 Å². The number of anilines is 1. The van der Waals surface area contributed by atoms with E-state index in [2.05, 4.69) is 9.97 Å². The highest BCUT2D eigenvalue weighted by Crippen LogP contribution is 2.38. The Morgan fingerprint density at radius 1 is 1.25 bits per heavy atom. The number of furan rings is 1. The van der Waals surface area contributed by atoms with Crippen molar-refractivity contribution in [2.45, 2.75) is 45.3 Å². The highest BCUT2D eigenvalue weighted by Gasteiger charge is 2.38. The fraction of sp³-hybridized carbons (Fsp3) is 0.391. The number of ether oxygens (including phenoxy) is 2. The molecular formula is C23H24ClN3O5. The van der Waals surface area contributed by atoms with Crippen LogP contribution in [0.4, 0.5) is 10.5 Å². The standard InChI is InChI=1S/C23H24ClN3O5/c1-3-15-13-14(10-12-31-15)27(23(29)30-4-2)20-19-17(8-9-18(24)26-19)32-22(20)21(28)16-7-5-6-11-25-16/h5-9,11,14-15H,3-4,10,12-13H2,1-2H3/t14-,15-/m0/s1. The first-order valence-electron chi connectivity index (χ1n) is 10.7. The summed E-state index contributed by atoms with van der Waals surface area (Å²) in [5.41, 5.74) is 1.11. The number of aromatic nitrogens is 2. The zero-order valence-electron chi connectivity index (χ0n) is 17.9. The Labute approximate surface area is 190 Å². The molecule has 8 nitrogen and oxygen atoms in total. The maximum atomic E-state index is 13.4. The molecule has 9 heteroatoms. The highest BCUT2D eigenvalue weighted by atomic mass is 35.5. The molecule has 1 aliphatic heterocycles. The molecule has 1 amide bonds. The number of rotatable bonds is 6. The van der Waals surface area contributed by atoms with Crippen LogP contribution in [0.2, 0.25) is 5.15 Å². The van der Waals surface area contributed by atoms with Crippen molar-refractivity contribution in [1.82, 2.24) is 9.97 Å². The topological polar surface area (TPSA) is 94.8 Å². The summed E-state index contributed by atoms with van der Waals surface area (Å²) in [6.45, 7) is 4.44. The molecule has 0 N–H and O–H groups in total. The molecule has 0 radical (unpaired) electrons. The minimum Gasteiger partial charge on any atom is -0.449 e. The second-order valence-corrected chi connectivity index (χ2v) is 7.84. The number of hydrogen-bond acceptors (Lipinski definition) is 7. The van der Waals surface area contributed by atoms with Crippen LogP contribution in [0.25, 0.3) is 11.1 Å². The van der Waals surface area contributed by atoms with Gasteiger partial charge in [-0.1, -0.05) is 24.6 Å². The molecule has 4 heterocycles. The van der Waals surface area contributed by atoms with Gasteiger partial charge in [0.25, 0.3) is 0 Å². The van der Waals surface area contributed by atoms with Crippen molar-refractivity contribution < 1.29 is 23.5 Å². The minimum atomic E-state index is -0.575. The van der Waals surface area contributed by atoms with Crippen LogP contribution < -0.4 is 4.90 Å². The molecule has 0 aliphatic carbocycles. The Morgan fingerprint density at radius 2 is 2.09 bits per heavy atom. The van der Waals surface area contributed by atoms with Gasteiger partial charge in [-0.2, -0.15) is 0 Å². The van der Waals surface area contributed by atoms with Crippen LogP contribution in [0.15, 0.2) is 40.9 Å². The molecule has 3 aromatic rings. The van der Waals surface area contributed by atoms with E-state index < -0.39 is 11.9 Å². The normalized spacial score (nSPS) is 18.5. The minimum absolute atomic E-state index is 0.00432. The molecule has 168 valence electrons. The van der Waals surface area contributed by atoms with Crippen molar-refractivity contribution in [2.75, 3.05) is 18.1 Å². The molecule has 1 saturated heterocycles. The van der Waals surface area contributed by atoms with Crippen LogP contribution in [0, 0.1) is 0 Å². The summed E-state index contributed by atoms with van der Waals surface area (Å²) in [6, 6.07) is 7.97. The van der Waals surface area contributed by atoms with Crippen molar-refractivity contribution in [2.24, 2.45) is 0 Å².